The quantitative estimate of drug-likeness (QED) is 0.356. The summed E-state index contributed by atoms with van der Waals surface area (Å²) >= 11 is 0. The number of benzene rings is 1. The van der Waals surface area contributed by atoms with Crippen molar-refractivity contribution in [3.63, 3.8) is 0 Å². The van der Waals surface area contributed by atoms with Crippen molar-refractivity contribution in [1.82, 2.24) is 39.2 Å². The third-order valence-electron chi connectivity index (χ3n) is 6.89. The lowest BCUT2D eigenvalue weighted by molar-refractivity contribution is 0.341. The Hall–Kier alpha value is -4.31. The molecule has 1 saturated heterocycles. The molecule has 4 aromatic heterocycles. The van der Waals surface area contributed by atoms with Gasteiger partial charge in [0.05, 0.1) is 12.2 Å². The van der Waals surface area contributed by atoms with E-state index in [2.05, 4.69) is 74.3 Å². The van der Waals surface area contributed by atoms with Crippen LogP contribution in [-0.4, -0.2) is 79.5 Å². The second-order valence-electron chi connectivity index (χ2n) is 9.61. The van der Waals surface area contributed by atoms with Crippen LogP contribution >= 0.6 is 0 Å². The van der Waals surface area contributed by atoms with E-state index in [0.717, 1.165) is 60.2 Å². The zero-order valence-corrected chi connectivity index (χ0v) is 21.3. The second-order valence-corrected chi connectivity index (χ2v) is 9.61. The first-order valence-electron chi connectivity index (χ1n) is 12.4. The van der Waals surface area contributed by atoms with Crippen molar-refractivity contribution >= 4 is 17.3 Å². The number of hydrogen-bond donors (Lipinski definition) is 0. The maximum absolute atomic E-state index is 4.75. The van der Waals surface area contributed by atoms with Crippen LogP contribution < -0.4 is 9.80 Å². The Morgan fingerprint density at radius 2 is 1.51 bits per heavy atom. The van der Waals surface area contributed by atoms with Crippen molar-refractivity contribution in [3.05, 3.63) is 84.8 Å². The van der Waals surface area contributed by atoms with Crippen LogP contribution in [0.4, 0.5) is 11.8 Å². The number of nitrogens with zero attached hydrogens (tertiary/aromatic N) is 10. The summed E-state index contributed by atoms with van der Waals surface area (Å²) in [4.78, 5) is 20.9. The van der Waals surface area contributed by atoms with Crippen molar-refractivity contribution in [2.75, 3.05) is 50.1 Å². The molecule has 0 spiro atoms. The summed E-state index contributed by atoms with van der Waals surface area (Å²) in [7, 11) is 6.09. The highest BCUT2D eigenvalue weighted by molar-refractivity contribution is 5.77. The number of anilines is 2. The van der Waals surface area contributed by atoms with Crippen molar-refractivity contribution in [2.24, 2.45) is 7.05 Å². The summed E-state index contributed by atoms with van der Waals surface area (Å²) in [6, 6.07) is 12.7. The Morgan fingerprint density at radius 1 is 0.784 bits per heavy atom. The number of fused-ring (bicyclic) bond motifs is 1. The number of aromatic nitrogens is 7. The third-order valence-corrected chi connectivity index (χ3v) is 6.89. The normalized spacial score (nSPS) is 15.0. The summed E-state index contributed by atoms with van der Waals surface area (Å²) in [5.74, 6) is 1.71. The first kappa shape index (κ1) is 23.1. The molecule has 1 aromatic carbocycles. The minimum absolute atomic E-state index is 0.117. The molecular formula is C27H30N10. The van der Waals surface area contributed by atoms with Gasteiger partial charge in [0, 0.05) is 74.7 Å². The molecule has 0 amide bonds. The topological polar surface area (TPSA) is 83.5 Å². The molecule has 1 fully saturated rings. The third kappa shape index (κ3) is 4.51. The van der Waals surface area contributed by atoms with Gasteiger partial charge in [-0.2, -0.15) is 10.2 Å². The largest absolute Gasteiger partial charge is 0.351 e. The zero-order valence-electron chi connectivity index (χ0n) is 21.3. The molecule has 0 unspecified atom stereocenters. The van der Waals surface area contributed by atoms with Crippen LogP contribution in [-0.2, 0) is 7.05 Å². The van der Waals surface area contributed by atoms with E-state index < -0.39 is 0 Å². The molecule has 0 N–H and O–H groups in total. The predicted octanol–water partition coefficient (Wildman–Crippen LogP) is 2.90. The number of hydrogen-bond acceptors (Lipinski definition) is 8. The van der Waals surface area contributed by atoms with Gasteiger partial charge in [-0.25, -0.2) is 19.5 Å². The SMILES string of the molecule is CN(C)[C@H](c1ccccc1)c1cnc(N2CCN(c3ncnn4cc(-c5cnn(C)c5)cc34)CC2)nc1. The standard InChI is InChI=1S/C27H30N10/c1-33(2)25(20-7-5-4-6-8-20)22-14-28-27(29-15-22)36-11-9-35(10-12-36)26-24-13-21(18-37(24)32-19-30-26)23-16-31-34(3)17-23/h4-8,13-19,25H,9-12H2,1-3H3/t25-/m1/s1. The monoisotopic (exact) mass is 494 g/mol. The van der Waals surface area contributed by atoms with Gasteiger partial charge in [-0.15, -0.1) is 0 Å². The Bertz CT molecular complexity index is 1480. The van der Waals surface area contributed by atoms with Gasteiger partial charge < -0.3 is 9.80 Å². The number of rotatable bonds is 6. The van der Waals surface area contributed by atoms with E-state index in [4.69, 9.17) is 9.97 Å². The highest BCUT2D eigenvalue weighted by Gasteiger charge is 2.23. The predicted molar refractivity (Wildman–Crippen MR) is 144 cm³/mol. The average Bonchev–Trinajstić information content (AvgIpc) is 3.56. The average molecular weight is 495 g/mol. The molecule has 5 heterocycles. The molecule has 10 heteroatoms. The maximum atomic E-state index is 4.75. The van der Waals surface area contributed by atoms with E-state index in [1.54, 1.807) is 11.0 Å². The van der Waals surface area contributed by atoms with Crippen molar-refractivity contribution in [2.45, 2.75) is 6.04 Å². The van der Waals surface area contributed by atoms with Crippen LogP contribution in [0.1, 0.15) is 17.2 Å². The molecule has 5 aromatic rings. The second kappa shape index (κ2) is 9.62. The molecule has 1 aliphatic rings. The van der Waals surface area contributed by atoms with Gasteiger partial charge in [0.2, 0.25) is 5.95 Å². The van der Waals surface area contributed by atoms with E-state index in [9.17, 15) is 0 Å². The fourth-order valence-corrected chi connectivity index (χ4v) is 5.07. The van der Waals surface area contributed by atoms with Crippen LogP contribution in [0.15, 0.2) is 73.7 Å². The van der Waals surface area contributed by atoms with E-state index >= 15 is 0 Å². The maximum Gasteiger partial charge on any atom is 0.225 e. The van der Waals surface area contributed by atoms with Gasteiger partial charge in [-0.1, -0.05) is 30.3 Å². The van der Waals surface area contributed by atoms with E-state index in [1.165, 1.54) is 5.56 Å². The van der Waals surface area contributed by atoms with E-state index in [-0.39, 0.29) is 6.04 Å². The fraction of sp³-hybridized carbons (Fsp3) is 0.296. The molecule has 0 bridgehead atoms. The van der Waals surface area contributed by atoms with Gasteiger partial charge in [-0.05, 0) is 25.7 Å². The molecule has 37 heavy (non-hydrogen) atoms. The molecule has 188 valence electrons. The van der Waals surface area contributed by atoms with Crippen LogP contribution in [0, 0.1) is 0 Å². The summed E-state index contributed by atoms with van der Waals surface area (Å²) in [5, 5.41) is 8.72. The molecule has 1 aliphatic heterocycles. The zero-order chi connectivity index (χ0) is 25.4. The van der Waals surface area contributed by atoms with Gasteiger partial charge >= 0.3 is 0 Å². The minimum atomic E-state index is 0.117. The Balaban J connectivity index is 1.17. The summed E-state index contributed by atoms with van der Waals surface area (Å²) in [6.45, 7) is 3.30. The van der Waals surface area contributed by atoms with E-state index in [0.29, 0.717) is 0 Å². The smallest absolute Gasteiger partial charge is 0.225 e. The lowest BCUT2D eigenvalue weighted by Gasteiger charge is -2.35. The molecule has 0 aliphatic carbocycles. The molecule has 0 saturated carbocycles. The lowest BCUT2D eigenvalue weighted by Crippen LogP contribution is -2.47. The van der Waals surface area contributed by atoms with Crippen LogP contribution in [0.3, 0.4) is 0 Å². The lowest BCUT2D eigenvalue weighted by atomic mass is 10.0. The minimum Gasteiger partial charge on any atom is -0.351 e. The first-order chi connectivity index (χ1) is 18.1. The number of aryl methyl sites for hydroxylation is 1. The van der Waals surface area contributed by atoms with Crippen LogP contribution in [0.25, 0.3) is 16.6 Å². The highest BCUT2D eigenvalue weighted by atomic mass is 15.4. The van der Waals surface area contributed by atoms with Crippen molar-refractivity contribution in [3.8, 4) is 11.1 Å². The summed E-state index contributed by atoms with van der Waals surface area (Å²) < 4.78 is 3.70. The Labute approximate surface area is 215 Å². The number of piperazine rings is 1. The summed E-state index contributed by atoms with van der Waals surface area (Å²) in [6.07, 6.45) is 11.4. The van der Waals surface area contributed by atoms with Gasteiger partial charge in [0.25, 0.3) is 0 Å². The Kier molecular flexibility index (Phi) is 6.01. The molecule has 0 radical (unpaired) electrons. The Morgan fingerprint density at radius 3 is 2.19 bits per heavy atom. The fourth-order valence-electron chi connectivity index (χ4n) is 5.07. The highest BCUT2D eigenvalue weighted by Crippen LogP contribution is 2.28. The molecule has 10 nitrogen and oxygen atoms in total. The summed E-state index contributed by atoms with van der Waals surface area (Å²) in [5.41, 5.74) is 5.44. The van der Waals surface area contributed by atoms with Crippen LogP contribution in [0.5, 0.6) is 0 Å². The molecular weight excluding hydrogens is 464 g/mol. The first-order valence-corrected chi connectivity index (χ1v) is 12.4. The molecule has 6 rings (SSSR count). The van der Waals surface area contributed by atoms with Gasteiger partial charge in [0.15, 0.2) is 5.82 Å². The van der Waals surface area contributed by atoms with Crippen LogP contribution in [0.2, 0.25) is 0 Å². The van der Waals surface area contributed by atoms with E-state index in [1.807, 2.05) is 48.6 Å². The van der Waals surface area contributed by atoms with Crippen molar-refractivity contribution < 1.29 is 0 Å². The van der Waals surface area contributed by atoms with Gasteiger partial charge in [0.1, 0.15) is 11.8 Å². The van der Waals surface area contributed by atoms with Crippen molar-refractivity contribution in [1.29, 1.82) is 0 Å². The molecule has 1 atom stereocenters. The van der Waals surface area contributed by atoms with Gasteiger partial charge in [-0.3, -0.25) is 9.58 Å².